The van der Waals surface area contributed by atoms with E-state index in [1.807, 2.05) is 76.9 Å². The molecule has 0 unspecified atom stereocenters. The summed E-state index contributed by atoms with van der Waals surface area (Å²) < 4.78 is 5.76. The minimum atomic E-state index is -0.946. The Morgan fingerprint density at radius 2 is 1.73 bits per heavy atom. The van der Waals surface area contributed by atoms with Crippen molar-refractivity contribution in [3.05, 3.63) is 52.0 Å². The number of benzene rings is 1. The van der Waals surface area contributed by atoms with E-state index in [0.717, 1.165) is 31.4 Å². The summed E-state index contributed by atoms with van der Waals surface area (Å²) in [5.74, 6) is -3.07. The Morgan fingerprint density at radius 3 is 2.29 bits per heavy atom. The lowest BCUT2D eigenvalue weighted by molar-refractivity contribution is -0.149. The quantitative estimate of drug-likeness (QED) is 0.201. The van der Waals surface area contributed by atoms with Gasteiger partial charge in [0.2, 0.25) is 11.8 Å². The van der Waals surface area contributed by atoms with Crippen molar-refractivity contribution >= 4 is 41.0 Å². The van der Waals surface area contributed by atoms with Gasteiger partial charge >= 0.3 is 11.9 Å². The van der Waals surface area contributed by atoms with E-state index < -0.39 is 53.4 Å². The van der Waals surface area contributed by atoms with E-state index in [9.17, 15) is 29.1 Å². The van der Waals surface area contributed by atoms with Gasteiger partial charge in [0.1, 0.15) is 16.7 Å². The first-order chi connectivity index (χ1) is 23.9. The first kappa shape index (κ1) is 41.6. The largest absolute Gasteiger partial charge is 0.481 e. The maximum Gasteiger partial charge on any atom is 0.306 e. The number of nitrogens with one attached hydrogen (secondary N) is 2. The van der Waals surface area contributed by atoms with Crippen LogP contribution in [0.15, 0.2) is 35.7 Å². The number of carbonyl (C=O) groups is 5. The highest BCUT2D eigenvalue weighted by atomic mass is 32.1. The number of amides is 3. The molecule has 1 aliphatic heterocycles. The molecule has 0 bridgehead atoms. The second-order valence-electron chi connectivity index (χ2n) is 15.3. The Hall–Kier alpha value is -3.84. The molecule has 0 saturated carbocycles. The Bertz CT molecular complexity index is 1490. The van der Waals surface area contributed by atoms with Gasteiger partial charge in [-0.05, 0) is 56.2 Å². The highest BCUT2D eigenvalue weighted by Crippen LogP contribution is 2.32. The van der Waals surface area contributed by atoms with E-state index in [0.29, 0.717) is 11.4 Å². The summed E-state index contributed by atoms with van der Waals surface area (Å²) in [4.78, 5) is 73.3. The lowest BCUT2D eigenvalue weighted by atomic mass is 9.84. The molecule has 1 aromatic carbocycles. The van der Waals surface area contributed by atoms with Crippen LogP contribution in [0.25, 0.3) is 0 Å². The number of carboxylic acids is 1. The van der Waals surface area contributed by atoms with Crippen LogP contribution in [0.4, 0.5) is 0 Å². The number of piperidine rings is 1. The Morgan fingerprint density at radius 1 is 1.06 bits per heavy atom. The minimum absolute atomic E-state index is 0.0597. The van der Waals surface area contributed by atoms with Crippen LogP contribution in [-0.4, -0.2) is 94.4 Å². The van der Waals surface area contributed by atoms with Gasteiger partial charge in [-0.3, -0.25) is 28.9 Å². The van der Waals surface area contributed by atoms with E-state index in [2.05, 4.69) is 15.6 Å². The lowest BCUT2D eigenvalue weighted by Crippen LogP contribution is -2.59. The van der Waals surface area contributed by atoms with Crippen LogP contribution < -0.4 is 10.6 Å². The highest BCUT2D eigenvalue weighted by molar-refractivity contribution is 7.09. The van der Waals surface area contributed by atoms with Gasteiger partial charge in [0.15, 0.2) is 6.10 Å². The van der Waals surface area contributed by atoms with Crippen LogP contribution in [0.2, 0.25) is 0 Å². The van der Waals surface area contributed by atoms with Crippen molar-refractivity contribution in [3.8, 4) is 0 Å². The molecule has 1 fully saturated rings. The predicted molar refractivity (Wildman–Crippen MR) is 197 cm³/mol. The van der Waals surface area contributed by atoms with Crippen molar-refractivity contribution in [1.82, 2.24) is 25.4 Å². The molecule has 6 atom stereocenters. The zero-order valence-corrected chi connectivity index (χ0v) is 32.4. The van der Waals surface area contributed by atoms with Crippen molar-refractivity contribution in [3.63, 3.8) is 0 Å². The topological polar surface area (TPSA) is 158 Å². The monoisotopic (exact) mass is 727 g/mol. The molecule has 0 aliphatic carbocycles. The van der Waals surface area contributed by atoms with Gasteiger partial charge in [0.25, 0.3) is 5.91 Å². The normalized spacial score (nSPS) is 18.2. The molecule has 282 valence electrons. The van der Waals surface area contributed by atoms with Gasteiger partial charge in [-0.2, -0.15) is 0 Å². The summed E-state index contributed by atoms with van der Waals surface area (Å²) >= 11 is 1.18. The number of likely N-dealkylation sites (tertiary alicyclic amines) is 1. The summed E-state index contributed by atoms with van der Waals surface area (Å²) in [7, 11) is 3.64. The van der Waals surface area contributed by atoms with E-state index in [1.165, 1.54) is 18.3 Å². The smallest absolute Gasteiger partial charge is 0.306 e. The molecule has 0 spiro atoms. The van der Waals surface area contributed by atoms with Crippen LogP contribution in [0.3, 0.4) is 0 Å². The maximum atomic E-state index is 14.2. The number of hydrogen-bond acceptors (Lipinski definition) is 9. The van der Waals surface area contributed by atoms with Gasteiger partial charge in [-0.25, -0.2) is 4.98 Å². The number of ether oxygens (including phenoxy) is 1. The fraction of sp³-hybridized carbons (Fsp3) is 0.632. The number of likely N-dealkylation sites (N-methyl/N-ethyl adjacent to an activating group) is 2. The average Bonchev–Trinajstić information content (AvgIpc) is 3.55. The van der Waals surface area contributed by atoms with E-state index in [1.54, 1.807) is 24.3 Å². The van der Waals surface area contributed by atoms with Gasteiger partial charge in [-0.1, -0.05) is 78.3 Å². The number of aromatic nitrogens is 1. The fourth-order valence-corrected chi connectivity index (χ4v) is 7.41. The van der Waals surface area contributed by atoms with E-state index in [4.69, 9.17) is 4.74 Å². The summed E-state index contributed by atoms with van der Waals surface area (Å²) in [5, 5.41) is 17.6. The first-order valence-corrected chi connectivity index (χ1v) is 18.7. The number of rotatable bonds is 16. The number of nitrogens with zero attached hydrogens (tertiary/aromatic N) is 3. The number of esters is 1. The molecule has 1 aliphatic rings. The highest BCUT2D eigenvalue weighted by Gasteiger charge is 2.40. The van der Waals surface area contributed by atoms with Crippen molar-refractivity contribution in [2.24, 2.45) is 17.3 Å². The Labute approximate surface area is 306 Å². The standard InChI is InChI=1S/C38H57N5O7S/c1-23(2)30(43(9)36(47)32(38(5,6)7)41-34(46)29-17-13-14-18-42(29)8)21-31(50-25(4)44)35-40-28(22-51-35)33(45)39-27(19-24(3)37(48)49)20-26-15-11-10-12-16-26/h10-12,15-16,22-24,27,29-32H,13-14,17-21H2,1-9H3,(H,39,45)(H,41,46)(H,48,49)/t24-,27+,29+,30+,31+,32+/m0/s1. The van der Waals surface area contributed by atoms with Crippen molar-refractivity contribution in [2.45, 2.75) is 117 Å². The molecule has 3 amide bonds. The maximum absolute atomic E-state index is 14.2. The second kappa shape index (κ2) is 18.6. The van der Waals surface area contributed by atoms with Crippen LogP contribution >= 0.6 is 11.3 Å². The van der Waals surface area contributed by atoms with Crippen LogP contribution in [-0.2, 0) is 30.3 Å². The molecular weight excluding hydrogens is 671 g/mol. The predicted octanol–water partition coefficient (Wildman–Crippen LogP) is 5.09. The molecule has 51 heavy (non-hydrogen) atoms. The molecule has 0 radical (unpaired) electrons. The average molecular weight is 728 g/mol. The lowest BCUT2D eigenvalue weighted by Gasteiger charge is -2.40. The molecular formula is C38H57N5O7S. The number of aliphatic carboxylic acids is 1. The number of thiazole rings is 1. The number of hydrogen-bond donors (Lipinski definition) is 3. The zero-order valence-electron chi connectivity index (χ0n) is 31.6. The third kappa shape index (κ3) is 12.1. The van der Waals surface area contributed by atoms with Crippen molar-refractivity contribution in [2.75, 3.05) is 20.6 Å². The first-order valence-electron chi connectivity index (χ1n) is 17.9. The summed E-state index contributed by atoms with van der Waals surface area (Å²) in [6.45, 7) is 13.5. The number of carboxylic acid groups (broad SMARTS) is 1. The van der Waals surface area contributed by atoms with E-state index >= 15 is 0 Å². The van der Waals surface area contributed by atoms with Gasteiger partial charge in [0, 0.05) is 37.9 Å². The molecule has 1 aromatic heterocycles. The van der Waals surface area contributed by atoms with Gasteiger partial charge in [0.05, 0.1) is 12.0 Å². The molecule has 3 rings (SSSR count). The van der Waals surface area contributed by atoms with Crippen LogP contribution in [0, 0.1) is 17.3 Å². The third-order valence-electron chi connectivity index (χ3n) is 9.60. The molecule has 2 aromatic rings. The Balaban J connectivity index is 1.82. The summed E-state index contributed by atoms with van der Waals surface area (Å²) in [6.07, 6.45) is 2.79. The summed E-state index contributed by atoms with van der Waals surface area (Å²) in [6, 6.07) is 7.58. The third-order valence-corrected chi connectivity index (χ3v) is 10.5. The molecule has 3 N–H and O–H groups in total. The molecule has 13 heteroatoms. The molecule has 2 heterocycles. The van der Waals surface area contributed by atoms with Crippen LogP contribution in [0.1, 0.15) is 108 Å². The minimum Gasteiger partial charge on any atom is -0.481 e. The Kier molecular flexibility index (Phi) is 15.2. The van der Waals surface area contributed by atoms with Gasteiger partial charge in [-0.15, -0.1) is 11.3 Å². The summed E-state index contributed by atoms with van der Waals surface area (Å²) in [5.41, 5.74) is 0.507. The SMILES string of the molecule is CC(=O)O[C@H](C[C@H](C(C)C)N(C)C(=O)[C@@H](NC(=O)[C@H]1CCCCN1C)C(C)(C)C)c1nc(C(=O)N[C@@H](Cc2ccccc2)C[C@H](C)C(=O)O)cs1. The van der Waals surface area contributed by atoms with Gasteiger partial charge < -0.3 is 25.4 Å². The van der Waals surface area contributed by atoms with Crippen molar-refractivity contribution < 1.29 is 33.8 Å². The number of carbonyl (C=O) groups excluding carboxylic acids is 4. The fourth-order valence-electron chi connectivity index (χ4n) is 6.58. The zero-order chi connectivity index (χ0) is 38.0. The van der Waals surface area contributed by atoms with Crippen LogP contribution in [0.5, 0.6) is 0 Å². The molecule has 1 saturated heterocycles. The second-order valence-corrected chi connectivity index (χ2v) is 16.2. The van der Waals surface area contributed by atoms with E-state index in [-0.39, 0.29) is 42.3 Å². The molecule has 12 nitrogen and oxygen atoms in total. The van der Waals surface area contributed by atoms with Crippen molar-refractivity contribution in [1.29, 1.82) is 0 Å².